The second kappa shape index (κ2) is 5.79. The van der Waals surface area contributed by atoms with Crippen molar-refractivity contribution in [3.8, 4) is 6.01 Å². The average Bonchev–Trinajstić information content (AvgIpc) is 3.11. The Hall–Kier alpha value is -2.50. The van der Waals surface area contributed by atoms with E-state index in [1.165, 1.54) is 0 Å². The van der Waals surface area contributed by atoms with Crippen molar-refractivity contribution >= 4 is 17.1 Å². The zero-order chi connectivity index (χ0) is 17.6. The fourth-order valence-electron chi connectivity index (χ4n) is 3.33. The Labute approximate surface area is 147 Å². The maximum absolute atomic E-state index is 12.3. The molecule has 0 aliphatic carbocycles. The van der Waals surface area contributed by atoms with E-state index in [9.17, 15) is 4.79 Å². The average molecular weight is 341 g/mol. The van der Waals surface area contributed by atoms with Gasteiger partial charge in [0, 0.05) is 12.7 Å². The van der Waals surface area contributed by atoms with Crippen LogP contribution in [0.15, 0.2) is 36.0 Å². The van der Waals surface area contributed by atoms with Crippen LogP contribution in [0.25, 0.3) is 11.0 Å². The molecule has 4 rings (SSSR count). The summed E-state index contributed by atoms with van der Waals surface area (Å²) in [4.78, 5) is 18.5. The van der Waals surface area contributed by atoms with Crippen molar-refractivity contribution in [1.29, 1.82) is 0 Å². The van der Waals surface area contributed by atoms with Crippen molar-refractivity contribution in [3.63, 3.8) is 0 Å². The van der Waals surface area contributed by atoms with Crippen molar-refractivity contribution in [2.75, 3.05) is 6.54 Å². The van der Waals surface area contributed by atoms with Gasteiger partial charge in [-0.1, -0.05) is 12.1 Å². The lowest BCUT2D eigenvalue weighted by atomic mass is 10.0. The minimum absolute atomic E-state index is 0.0719. The topological polar surface area (TPSA) is 56.6 Å². The summed E-state index contributed by atoms with van der Waals surface area (Å²) in [5.74, 6) is 0. The summed E-state index contributed by atoms with van der Waals surface area (Å²) in [5, 5.41) is 0. The number of para-hydroxylation sites is 2. The van der Waals surface area contributed by atoms with Crippen molar-refractivity contribution in [3.05, 3.63) is 36.0 Å². The standard InChI is InChI=1S/C19H23N3O3/c1-19(2,3)25-18(23)21-10-6-7-13(11-21)16-12-22-15-9-5-4-8-14(15)20-17(22)24-16/h4-5,8-9,11,16H,6-7,10,12H2,1-3H3. The molecule has 132 valence electrons. The van der Waals surface area contributed by atoms with Gasteiger partial charge in [0.1, 0.15) is 11.7 Å². The number of rotatable bonds is 1. The van der Waals surface area contributed by atoms with Crippen molar-refractivity contribution < 1.29 is 14.3 Å². The molecule has 1 amide bonds. The number of amides is 1. The normalized spacial score (nSPS) is 20.2. The van der Waals surface area contributed by atoms with Gasteiger partial charge in [-0.25, -0.2) is 4.79 Å². The van der Waals surface area contributed by atoms with E-state index in [1.54, 1.807) is 4.90 Å². The predicted molar refractivity (Wildman–Crippen MR) is 94.4 cm³/mol. The van der Waals surface area contributed by atoms with Crippen LogP contribution in [0.4, 0.5) is 4.79 Å². The van der Waals surface area contributed by atoms with Gasteiger partial charge in [-0.3, -0.25) is 9.47 Å². The highest BCUT2D eigenvalue weighted by atomic mass is 16.6. The Morgan fingerprint density at radius 2 is 2.12 bits per heavy atom. The summed E-state index contributed by atoms with van der Waals surface area (Å²) in [5.41, 5.74) is 2.66. The van der Waals surface area contributed by atoms with Crippen molar-refractivity contribution in [2.24, 2.45) is 0 Å². The summed E-state index contributed by atoms with van der Waals surface area (Å²) in [6.07, 6.45) is 3.36. The first-order chi connectivity index (χ1) is 11.9. The van der Waals surface area contributed by atoms with E-state index < -0.39 is 5.60 Å². The number of aromatic nitrogens is 2. The first-order valence-electron chi connectivity index (χ1n) is 8.73. The third kappa shape index (κ3) is 3.08. The zero-order valence-electron chi connectivity index (χ0n) is 14.9. The highest BCUT2D eigenvalue weighted by molar-refractivity contribution is 5.77. The highest BCUT2D eigenvalue weighted by Crippen LogP contribution is 2.32. The monoisotopic (exact) mass is 341 g/mol. The van der Waals surface area contributed by atoms with E-state index in [-0.39, 0.29) is 12.2 Å². The molecular weight excluding hydrogens is 318 g/mol. The maximum atomic E-state index is 12.3. The summed E-state index contributed by atoms with van der Waals surface area (Å²) in [6, 6.07) is 8.68. The van der Waals surface area contributed by atoms with Crippen LogP contribution in [-0.4, -0.2) is 38.8 Å². The molecule has 3 heterocycles. The SMILES string of the molecule is CC(C)(C)OC(=O)N1C=C(C2Cn3c(nc4ccccc43)O2)CCC1. The molecule has 2 aliphatic heterocycles. The number of hydrogen-bond donors (Lipinski definition) is 0. The molecule has 2 aliphatic rings. The quantitative estimate of drug-likeness (QED) is 0.793. The van der Waals surface area contributed by atoms with Crippen LogP contribution in [0.2, 0.25) is 0 Å². The smallest absolute Gasteiger partial charge is 0.414 e. The van der Waals surface area contributed by atoms with E-state index in [1.807, 2.05) is 45.2 Å². The van der Waals surface area contributed by atoms with E-state index in [0.717, 1.165) is 36.0 Å². The van der Waals surface area contributed by atoms with Crippen molar-refractivity contribution in [2.45, 2.75) is 51.9 Å². The summed E-state index contributed by atoms with van der Waals surface area (Å²) >= 11 is 0. The molecule has 0 radical (unpaired) electrons. The van der Waals surface area contributed by atoms with Crippen LogP contribution in [0.5, 0.6) is 6.01 Å². The number of ether oxygens (including phenoxy) is 2. The third-order valence-corrected chi connectivity index (χ3v) is 4.44. The molecule has 25 heavy (non-hydrogen) atoms. The predicted octanol–water partition coefficient (Wildman–Crippen LogP) is 3.71. The largest absolute Gasteiger partial charge is 0.455 e. The Morgan fingerprint density at radius 1 is 1.32 bits per heavy atom. The maximum Gasteiger partial charge on any atom is 0.414 e. The van der Waals surface area contributed by atoms with Gasteiger partial charge in [-0.15, -0.1) is 0 Å². The number of imidazole rings is 1. The molecule has 0 fully saturated rings. The van der Waals surface area contributed by atoms with Crippen LogP contribution in [-0.2, 0) is 11.3 Å². The fraction of sp³-hybridized carbons (Fsp3) is 0.474. The first-order valence-corrected chi connectivity index (χ1v) is 8.73. The molecule has 1 aromatic carbocycles. The van der Waals surface area contributed by atoms with Gasteiger partial charge >= 0.3 is 6.09 Å². The second-order valence-electron chi connectivity index (χ2n) is 7.58. The minimum atomic E-state index is -0.492. The summed E-state index contributed by atoms with van der Waals surface area (Å²) in [7, 11) is 0. The number of nitrogens with zero attached hydrogens (tertiary/aromatic N) is 3. The molecule has 1 aromatic heterocycles. The minimum Gasteiger partial charge on any atom is -0.455 e. The van der Waals surface area contributed by atoms with Gasteiger partial charge in [0.2, 0.25) is 0 Å². The summed E-state index contributed by atoms with van der Waals surface area (Å²) in [6.45, 7) is 7.04. The lowest BCUT2D eigenvalue weighted by molar-refractivity contribution is 0.0320. The number of hydrogen-bond acceptors (Lipinski definition) is 4. The van der Waals surface area contributed by atoms with E-state index >= 15 is 0 Å². The molecule has 6 heteroatoms. The van der Waals surface area contributed by atoms with Gasteiger partial charge in [0.15, 0.2) is 0 Å². The van der Waals surface area contributed by atoms with E-state index in [0.29, 0.717) is 12.6 Å². The van der Waals surface area contributed by atoms with Gasteiger partial charge in [0.05, 0.1) is 17.6 Å². The van der Waals surface area contributed by atoms with Gasteiger partial charge in [-0.05, 0) is 51.3 Å². The molecule has 0 N–H and O–H groups in total. The molecule has 2 aromatic rings. The molecule has 1 atom stereocenters. The van der Waals surface area contributed by atoms with Gasteiger partial charge < -0.3 is 9.47 Å². The van der Waals surface area contributed by atoms with E-state index in [2.05, 4.69) is 15.6 Å². The Morgan fingerprint density at radius 3 is 2.92 bits per heavy atom. The first kappa shape index (κ1) is 16.0. The third-order valence-electron chi connectivity index (χ3n) is 4.44. The molecule has 1 unspecified atom stereocenters. The van der Waals surface area contributed by atoms with E-state index in [4.69, 9.17) is 9.47 Å². The number of benzene rings is 1. The van der Waals surface area contributed by atoms with Crippen LogP contribution < -0.4 is 4.74 Å². The Balaban J connectivity index is 1.53. The molecule has 6 nitrogen and oxygen atoms in total. The van der Waals surface area contributed by atoms with Crippen LogP contribution in [0.3, 0.4) is 0 Å². The van der Waals surface area contributed by atoms with Crippen molar-refractivity contribution in [1.82, 2.24) is 14.5 Å². The van der Waals surface area contributed by atoms with Gasteiger partial charge in [-0.2, -0.15) is 4.98 Å². The molecule has 0 bridgehead atoms. The lowest BCUT2D eigenvalue weighted by Crippen LogP contribution is -2.37. The van der Waals surface area contributed by atoms with Crippen LogP contribution in [0, 0.1) is 0 Å². The van der Waals surface area contributed by atoms with Crippen LogP contribution in [0.1, 0.15) is 33.6 Å². The van der Waals surface area contributed by atoms with Crippen LogP contribution >= 0.6 is 0 Å². The number of carbonyl (C=O) groups is 1. The summed E-state index contributed by atoms with van der Waals surface area (Å²) < 4.78 is 13.6. The van der Waals surface area contributed by atoms with Gasteiger partial charge in [0.25, 0.3) is 6.01 Å². The zero-order valence-corrected chi connectivity index (χ0v) is 14.9. The second-order valence-corrected chi connectivity index (χ2v) is 7.58. The fourth-order valence-corrected chi connectivity index (χ4v) is 3.33. The highest BCUT2D eigenvalue weighted by Gasteiger charge is 2.32. The Kier molecular flexibility index (Phi) is 3.71. The molecule has 0 spiro atoms. The lowest BCUT2D eigenvalue weighted by Gasteiger charge is -2.29. The molecule has 0 saturated heterocycles. The number of fused-ring (bicyclic) bond motifs is 3. The molecular formula is C19H23N3O3. The molecule has 0 saturated carbocycles. The number of carbonyl (C=O) groups excluding carboxylic acids is 1. The Bertz CT molecular complexity index is 847.